The summed E-state index contributed by atoms with van der Waals surface area (Å²) in [5, 5.41) is 0. The molecule has 1 aliphatic rings. The largest absolute Gasteiger partial charge is 0.381 e. The highest BCUT2D eigenvalue weighted by Gasteiger charge is 2.24. The van der Waals surface area contributed by atoms with E-state index in [2.05, 4.69) is 32.4 Å². The van der Waals surface area contributed by atoms with Crippen LogP contribution in [0, 0.1) is 13.8 Å². The molecule has 0 bridgehead atoms. The Morgan fingerprint density at radius 1 is 1.25 bits per heavy atom. The SMILES string of the molecule is CCc1c(C2CCOCC2)c(C)c(C)n1C. The standard InChI is InChI=1S/C14H23NO/c1-5-13-14(10(2)11(3)15(13)4)12-6-8-16-9-7-12/h12H,5-9H2,1-4H3. The average Bonchev–Trinajstić information content (AvgIpc) is 2.54. The molecule has 1 saturated heterocycles. The maximum Gasteiger partial charge on any atom is 0.0471 e. The van der Waals surface area contributed by atoms with Crippen molar-refractivity contribution in [2.24, 2.45) is 7.05 Å². The van der Waals surface area contributed by atoms with Crippen LogP contribution in [-0.2, 0) is 18.2 Å². The molecule has 0 radical (unpaired) electrons. The molecule has 0 aliphatic carbocycles. The van der Waals surface area contributed by atoms with Crippen LogP contribution in [0.2, 0.25) is 0 Å². The Labute approximate surface area is 98.6 Å². The molecule has 2 heterocycles. The maximum absolute atomic E-state index is 5.46. The van der Waals surface area contributed by atoms with Gasteiger partial charge < -0.3 is 9.30 Å². The molecule has 0 unspecified atom stereocenters. The van der Waals surface area contributed by atoms with Gasteiger partial charge >= 0.3 is 0 Å². The van der Waals surface area contributed by atoms with Crippen molar-refractivity contribution in [2.45, 2.75) is 46.0 Å². The van der Waals surface area contributed by atoms with E-state index in [0.717, 1.165) is 25.6 Å². The molecule has 90 valence electrons. The molecular formula is C14H23NO. The van der Waals surface area contributed by atoms with Crippen LogP contribution >= 0.6 is 0 Å². The topological polar surface area (TPSA) is 14.2 Å². The lowest BCUT2D eigenvalue weighted by Gasteiger charge is -2.23. The van der Waals surface area contributed by atoms with Gasteiger partial charge in [-0.3, -0.25) is 0 Å². The van der Waals surface area contributed by atoms with Gasteiger partial charge in [0, 0.05) is 31.6 Å². The Balaban J connectivity index is 2.41. The first-order valence-corrected chi connectivity index (χ1v) is 6.39. The monoisotopic (exact) mass is 221 g/mol. The van der Waals surface area contributed by atoms with E-state index in [1.807, 2.05) is 0 Å². The summed E-state index contributed by atoms with van der Waals surface area (Å²) in [7, 11) is 2.20. The predicted molar refractivity (Wildman–Crippen MR) is 67.1 cm³/mol. The second-order valence-corrected chi connectivity index (χ2v) is 4.87. The minimum Gasteiger partial charge on any atom is -0.381 e. The first kappa shape index (κ1) is 11.7. The summed E-state index contributed by atoms with van der Waals surface area (Å²) in [6, 6.07) is 0. The van der Waals surface area contributed by atoms with E-state index in [1.54, 1.807) is 5.56 Å². The third-order valence-corrected chi connectivity index (χ3v) is 4.13. The Bertz CT molecular complexity index is 373. The fourth-order valence-corrected chi connectivity index (χ4v) is 3.00. The van der Waals surface area contributed by atoms with Gasteiger partial charge in [0.15, 0.2) is 0 Å². The van der Waals surface area contributed by atoms with Crippen molar-refractivity contribution in [1.82, 2.24) is 4.57 Å². The summed E-state index contributed by atoms with van der Waals surface area (Å²) in [5.41, 5.74) is 6.08. The zero-order chi connectivity index (χ0) is 11.7. The lowest BCUT2D eigenvalue weighted by Crippen LogP contribution is -2.15. The third kappa shape index (κ3) is 1.80. The third-order valence-electron chi connectivity index (χ3n) is 4.13. The van der Waals surface area contributed by atoms with Gasteiger partial charge in [-0.05, 0) is 50.2 Å². The molecule has 1 aliphatic heterocycles. The van der Waals surface area contributed by atoms with E-state index < -0.39 is 0 Å². The molecule has 1 aromatic heterocycles. The first-order chi connectivity index (χ1) is 7.66. The molecule has 1 fully saturated rings. The normalized spacial score (nSPS) is 18.0. The van der Waals surface area contributed by atoms with Crippen LogP contribution in [0.25, 0.3) is 0 Å². The molecule has 0 N–H and O–H groups in total. The van der Waals surface area contributed by atoms with Crippen LogP contribution in [0.5, 0.6) is 0 Å². The van der Waals surface area contributed by atoms with E-state index in [0.29, 0.717) is 0 Å². The second kappa shape index (κ2) is 4.62. The lowest BCUT2D eigenvalue weighted by atomic mass is 9.88. The summed E-state index contributed by atoms with van der Waals surface area (Å²) < 4.78 is 7.84. The van der Waals surface area contributed by atoms with Gasteiger partial charge in [-0.25, -0.2) is 0 Å². The van der Waals surface area contributed by atoms with Crippen LogP contribution in [0.4, 0.5) is 0 Å². The highest BCUT2D eigenvalue weighted by Crippen LogP contribution is 2.34. The van der Waals surface area contributed by atoms with Crippen LogP contribution in [0.15, 0.2) is 0 Å². The number of ether oxygens (including phenoxy) is 1. The van der Waals surface area contributed by atoms with Crippen molar-refractivity contribution in [3.05, 3.63) is 22.5 Å². The predicted octanol–water partition coefficient (Wildman–Crippen LogP) is 3.10. The van der Waals surface area contributed by atoms with Gasteiger partial charge in [-0.15, -0.1) is 0 Å². The van der Waals surface area contributed by atoms with E-state index in [4.69, 9.17) is 4.74 Å². The number of nitrogens with zero attached hydrogens (tertiary/aromatic N) is 1. The van der Waals surface area contributed by atoms with Gasteiger partial charge in [-0.2, -0.15) is 0 Å². The Morgan fingerprint density at radius 3 is 2.44 bits per heavy atom. The van der Waals surface area contributed by atoms with Crippen molar-refractivity contribution in [1.29, 1.82) is 0 Å². The van der Waals surface area contributed by atoms with Crippen molar-refractivity contribution in [3.8, 4) is 0 Å². The minimum atomic E-state index is 0.726. The molecule has 2 nitrogen and oxygen atoms in total. The molecule has 1 aromatic rings. The van der Waals surface area contributed by atoms with E-state index in [9.17, 15) is 0 Å². The van der Waals surface area contributed by atoms with Gasteiger partial charge in [0.2, 0.25) is 0 Å². The molecule has 0 amide bonds. The summed E-state index contributed by atoms with van der Waals surface area (Å²) in [4.78, 5) is 0. The van der Waals surface area contributed by atoms with Crippen molar-refractivity contribution in [3.63, 3.8) is 0 Å². The highest BCUT2D eigenvalue weighted by molar-refractivity contribution is 5.40. The smallest absolute Gasteiger partial charge is 0.0471 e. The summed E-state index contributed by atoms with van der Waals surface area (Å²) in [6.45, 7) is 8.63. The fourth-order valence-electron chi connectivity index (χ4n) is 3.00. The van der Waals surface area contributed by atoms with E-state index in [-0.39, 0.29) is 0 Å². The number of hydrogen-bond donors (Lipinski definition) is 0. The molecule has 0 aromatic carbocycles. The van der Waals surface area contributed by atoms with Gasteiger partial charge in [0.25, 0.3) is 0 Å². The molecule has 0 atom stereocenters. The fraction of sp³-hybridized carbons (Fsp3) is 0.714. The summed E-state index contributed by atoms with van der Waals surface area (Å²) >= 11 is 0. The van der Waals surface area contributed by atoms with Crippen molar-refractivity contribution < 1.29 is 4.74 Å². The molecule has 2 heteroatoms. The highest BCUT2D eigenvalue weighted by atomic mass is 16.5. The van der Waals surface area contributed by atoms with Crippen LogP contribution < -0.4 is 0 Å². The lowest BCUT2D eigenvalue weighted by molar-refractivity contribution is 0.0850. The van der Waals surface area contributed by atoms with Crippen LogP contribution in [0.3, 0.4) is 0 Å². The summed E-state index contributed by atoms with van der Waals surface area (Å²) in [5.74, 6) is 0.726. The first-order valence-electron chi connectivity index (χ1n) is 6.39. The zero-order valence-corrected chi connectivity index (χ0v) is 11.0. The number of rotatable bonds is 2. The van der Waals surface area contributed by atoms with Crippen molar-refractivity contribution in [2.75, 3.05) is 13.2 Å². The second-order valence-electron chi connectivity index (χ2n) is 4.87. The van der Waals surface area contributed by atoms with Gasteiger partial charge in [0.05, 0.1) is 0 Å². The van der Waals surface area contributed by atoms with Gasteiger partial charge in [-0.1, -0.05) is 6.92 Å². The Hall–Kier alpha value is -0.760. The quantitative estimate of drug-likeness (QED) is 0.748. The number of hydrogen-bond acceptors (Lipinski definition) is 1. The van der Waals surface area contributed by atoms with Crippen LogP contribution in [-0.4, -0.2) is 17.8 Å². The summed E-state index contributed by atoms with van der Waals surface area (Å²) in [6.07, 6.45) is 3.52. The Kier molecular flexibility index (Phi) is 3.38. The minimum absolute atomic E-state index is 0.726. The van der Waals surface area contributed by atoms with Gasteiger partial charge in [0.1, 0.15) is 0 Å². The van der Waals surface area contributed by atoms with E-state index in [1.165, 1.54) is 29.8 Å². The molecule has 16 heavy (non-hydrogen) atoms. The average molecular weight is 221 g/mol. The maximum atomic E-state index is 5.46. The molecule has 0 saturated carbocycles. The molecular weight excluding hydrogens is 198 g/mol. The van der Waals surface area contributed by atoms with E-state index >= 15 is 0 Å². The molecule has 2 rings (SSSR count). The molecule has 0 spiro atoms. The van der Waals surface area contributed by atoms with Crippen molar-refractivity contribution >= 4 is 0 Å². The Morgan fingerprint density at radius 2 is 1.88 bits per heavy atom. The zero-order valence-electron chi connectivity index (χ0n) is 11.0. The number of aromatic nitrogens is 1. The van der Waals surface area contributed by atoms with Crippen LogP contribution in [0.1, 0.15) is 48.2 Å².